The summed E-state index contributed by atoms with van der Waals surface area (Å²) in [4.78, 5) is 0. The number of aryl methyl sites for hydroxylation is 1. The van der Waals surface area contributed by atoms with Crippen LogP contribution >= 0.6 is 0 Å². The zero-order valence-electron chi connectivity index (χ0n) is 19.3. The molecule has 2 nitrogen and oxygen atoms in total. The average Bonchev–Trinajstić information content (AvgIpc) is 2.69. The van der Waals surface area contributed by atoms with Crippen molar-refractivity contribution in [3.63, 3.8) is 0 Å². The number of halogens is 2. The molecule has 4 heteroatoms. The van der Waals surface area contributed by atoms with Crippen molar-refractivity contribution in [2.75, 3.05) is 6.54 Å². The van der Waals surface area contributed by atoms with E-state index in [0.717, 1.165) is 25.3 Å². The second-order valence-corrected chi connectivity index (χ2v) is 10.5. The zero-order chi connectivity index (χ0) is 22.6. The van der Waals surface area contributed by atoms with Gasteiger partial charge in [-0.15, -0.1) is 0 Å². The molecule has 0 aliphatic heterocycles. The lowest BCUT2D eigenvalue weighted by Gasteiger charge is -2.42. The topological polar surface area (TPSA) is 32.3 Å². The minimum Gasteiger partial charge on any atom is -0.392 e. The van der Waals surface area contributed by atoms with Crippen molar-refractivity contribution in [1.29, 1.82) is 0 Å². The van der Waals surface area contributed by atoms with Crippen LogP contribution in [0.25, 0.3) is 0 Å². The van der Waals surface area contributed by atoms with E-state index in [4.69, 9.17) is 0 Å². The summed E-state index contributed by atoms with van der Waals surface area (Å²) in [5.74, 6) is -0.528. The highest BCUT2D eigenvalue weighted by atomic mass is 19.1. The van der Waals surface area contributed by atoms with Gasteiger partial charge in [0, 0.05) is 18.2 Å². The van der Waals surface area contributed by atoms with E-state index >= 15 is 0 Å². The number of hydrogen-bond donors (Lipinski definition) is 2. The molecular formula is C27H37F2NO. The van der Waals surface area contributed by atoms with Gasteiger partial charge in [0.05, 0.1) is 6.10 Å². The first kappa shape index (κ1) is 23.9. The summed E-state index contributed by atoms with van der Waals surface area (Å²) in [5, 5.41) is 14.4. The summed E-state index contributed by atoms with van der Waals surface area (Å²) in [6.07, 6.45) is 4.81. The van der Waals surface area contributed by atoms with Crippen molar-refractivity contribution < 1.29 is 13.9 Å². The first-order valence-corrected chi connectivity index (χ1v) is 11.6. The standard InChI is InChI=1S/C27H37F2NO/c1-19-7-6-12-27(17-19,22-9-5-8-21(15-22)26(2,3)4)30-18-25(31)11-10-20-13-23(28)16-24(29)14-20/h5,8-9,13-16,19,25,30-31H,6-7,10-12,17-18H2,1-4H3. The lowest BCUT2D eigenvalue weighted by atomic mass is 9.71. The monoisotopic (exact) mass is 429 g/mol. The molecule has 3 unspecified atom stereocenters. The maximum Gasteiger partial charge on any atom is 0.126 e. The molecule has 1 fully saturated rings. The Morgan fingerprint density at radius 1 is 1.13 bits per heavy atom. The van der Waals surface area contributed by atoms with Crippen molar-refractivity contribution in [3.8, 4) is 0 Å². The largest absolute Gasteiger partial charge is 0.392 e. The van der Waals surface area contributed by atoms with Crippen LogP contribution in [0.4, 0.5) is 8.78 Å². The van der Waals surface area contributed by atoms with Gasteiger partial charge in [-0.1, -0.05) is 64.8 Å². The lowest BCUT2D eigenvalue weighted by Crippen LogP contribution is -2.48. The van der Waals surface area contributed by atoms with Crippen LogP contribution in [0, 0.1) is 17.6 Å². The summed E-state index contributed by atoms with van der Waals surface area (Å²) in [7, 11) is 0. The minimum atomic E-state index is -0.578. The number of aliphatic hydroxyl groups is 1. The second kappa shape index (κ2) is 9.79. The molecule has 0 radical (unpaired) electrons. The van der Waals surface area contributed by atoms with Crippen LogP contribution in [-0.2, 0) is 17.4 Å². The van der Waals surface area contributed by atoms with Crippen molar-refractivity contribution in [1.82, 2.24) is 5.32 Å². The van der Waals surface area contributed by atoms with Gasteiger partial charge in [-0.05, 0) is 65.8 Å². The van der Waals surface area contributed by atoms with Gasteiger partial charge in [0.25, 0.3) is 0 Å². The van der Waals surface area contributed by atoms with Gasteiger partial charge < -0.3 is 10.4 Å². The maximum atomic E-state index is 13.4. The molecule has 0 heterocycles. The van der Waals surface area contributed by atoms with E-state index in [2.05, 4.69) is 57.3 Å². The fraction of sp³-hybridized carbons (Fsp3) is 0.556. The molecule has 1 aliphatic carbocycles. The molecule has 31 heavy (non-hydrogen) atoms. The Labute approximate surface area is 186 Å². The molecule has 2 aromatic carbocycles. The highest BCUT2D eigenvalue weighted by Gasteiger charge is 2.37. The molecule has 1 saturated carbocycles. The Morgan fingerprint density at radius 3 is 2.48 bits per heavy atom. The molecule has 0 aromatic heterocycles. The third-order valence-corrected chi connectivity index (χ3v) is 6.64. The quantitative estimate of drug-likeness (QED) is 0.545. The van der Waals surface area contributed by atoms with E-state index in [0.29, 0.717) is 30.9 Å². The molecule has 3 rings (SSSR count). The predicted octanol–water partition coefficient (Wildman–Crippen LogP) is 6.25. The molecule has 3 atom stereocenters. The molecule has 0 spiro atoms. The van der Waals surface area contributed by atoms with Crippen LogP contribution in [-0.4, -0.2) is 17.8 Å². The molecule has 1 aliphatic rings. The Kier molecular flexibility index (Phi) is 7.54. The van der Waals surface area contributed by atoms with Gasteiger partial charge in [-0.2, -0.15) is 0 Å². The van der Waals surface area contributed by atoms with Gasteiger partial charge in [0.15, 0.2) is 0 Å². The summed E-state index contributed by atoms with van der Waals surface area (Å²) >= 11 is 0. The van der Waals surface area contributed by atoms with E-state index in [1.165, 1.54) is 29.7 Å². The smallest absolute Gasteiger partial charge is 0.126 e. The summed E-state index contributed by atoms with van der Waals surface area (Å²) in [6, 6.07) is 12.4. The van der Waals surface area contributed by atoms with Gasteiger partial charge >= 0.3 is 0 Å². The van der Waals surface area contributed by atoms with E-state index in [1.807, 2.05) is 0 Å². The SMILES string of the molecule is CC1CCCC(NCC(O)CCc2cc(F)cc(F)c2)(c2cccc(C(C)(C)C)c2)C1. The van der Waals surface area contributed by atoms with Crippen molar-refractivity contribution in [3.05, 3.63) is 70.8 Å². The fourth-order valence-electron chi connectivity index (χ4n) is 4.86. The number of nitrogens with one attached hydrogen (secondary N) is 1. The van der Waals surface area contributed by atoms with Gasteiger partial charge in [-0.3, -0.25) is 0 Å². The minimum absolute atomic E-state index is 0.0806. The molecule has 170 valence electrons. The van der Waals surface area contributed by atoms with Crippen LogP contribution in [0.5, 0.6) is 0 Å². The third kappa shape index (κ3) is 6.36. The maximum absolute atomic E-state index is 13.4. The van der Waals surface area contributed by atoms with Gasteiger partial charge in [-0.25, -0.2) is 8.78 Å². The van der Waals surface area contributed by atoms with Crippen molar-refractivity contribution in [2.45, 2.75) is 83.3 Å². The van der Waals surface area contributed by atoms with E-state index in [-0.39, 0.29) is 11.0 Å². The van der Waals surface area contributed by atoms with Crippen LogP contribution < -0.4 is 5.32 Å². The van der Waals surface area contributed by atoms with Crippen molar-refractivity contribution in [2.24, 2.45) is 5.92 Å². The molecule has 0 saturated heterocycles. The average molecular weight is 430 g/mol. The Bertz CT molecular complexity index is 856. The molecule has 2 N–H and O–H groups in total. The summed E-state index contributed by atoms with van der Waals surface area (Å²) in [6.45, 7) is 9.46. The molecule has 2 aromatic rings. The number of benzene rings is 2. The highest BCUT2D eigenvalue weighted by molar-refractivity contribution is 5.34. The van der Waals surface area contributed by atoms with Crippen LogP contribution in [0.1, 0.15) is 76.5 Å². The third-order valence-electron chi connectivity index (χ3n) is 6.64. The molecule has 0 amide bonds. The Morgan fingerprint density at radius 2 is 1.84 bits per heavy atom. The normalized spacial score (nSPS) is 23.0. The van der Waals surface area contributed by atoms with E-state index in [9.17, 15) is 13.9 Å². The van der Waals surface area contributed by atoms with E-state index in [1.54, 1.807) is 0 Å². The second-order valence-electron chi connectivity index (χ2n) is 10.5. The van der Waals surface area contributed by atoms with Crippen molar-refractivity contribution >= 4 is 0 Å². The fourth-order valence-corrected chi connectivity index (χ4v) is 4.86. The first-order chi connectivity index (χ1) is 14.6. The van der Waals surface area contributed by atoms with E-state index < -0.39 is 17.7 Å². The number of hydrogen-bond acceptors (Lipinski definition) is 2. The Balaban J connectivity index is 1.71. The Hall–Kier alpha value is -1.78. The number of aliphatic hydroxyl groups excluding tert-OH is 1. The van der Waals surface area contributed by atoms with Gasteiger partial charge in [0.1, 0.15) is 11.6 Å². The lowest BCUT2D eigenvalue weighted by molar-refractivity contribution is 0.121. The molecular weight excluding hydrogens is 392 g/mol. The van der Waals surface area contributed by atoms with Crippen LogP contribution in [0.15, 0.2) is 42.5 Å². The highest BCUT2D eigenvalue weighted by Crippen LogP contribution is 2.41. The number of rotatable bonds is 7. The predicted molar refractivity (Wildman–Crippen MR) is 123 cm³/mol. The zero-order valence-corrected chi connectivity index (χ0v) is 19.3. The summed E-state index contributed by atoms with van der Waals surface area (Å²) < 4.78 is 26.8. The van der Waals surface area contributed by atoms with Gasteiger partial charge in [0.2, 0.25) is 0 Å². The summed E-state index contributed by atoms with van der Waals surface area (Å²) in [5.41, 5.74) is 3.13. The molecule has 0 bridgehead atoms. The van der Waals surface area contributed by atoms with Crippen LogP contribution in [0.2, 0.25) is 0 Å². The van der Waals surface area contributed by atoms with Crippen LogP contribution in [0.3, 0.4) is 0 Å². The first-order valence-electron chi connectivity index (χ1n) is 11.6.